The molecule has 0 saturated heterocycles. The average molecular weight is 367 g/mol. The van der Waals surface area contributed by atoms with Crippen LogP contribution in [0.15, 0.2) is 36.5 Å². The average Bonchev–Trinajstić information content (AvgIpc) is 3.22. The van der Waals surface area contributed by atoms with Crippen LogP contribution < -0.4 is 5.32 Å². The van der Waals surface area contributed by atoms with Gasteiger partial charge in [0.15, 0.2) is 0 Å². The van der Waals surface area contributed by atoms with Crippen molar-refractivity contribution in [2.75, 3.05) is 5.32 Å². The second kappa shape index (κ2) is 6.30. The van der Waals surface area contributed by atoms with Gasteiger partial charge in [-0.1, -0.05) is 28.0 Å². The summed E-state index contributed by atoms with van der Waals surface area (Å²) in [4.78, 5) is 22.9. The maximum atomic E-state index is 12.4. The van der Waals surface area contributed by atoms with Gasteiger partial charge in [-0.2, -0.15) is 0 Å². The molecule has 0 unspecified atom stereocenters. The zero-order valence-electron chi connectivity index (χ0n) is 13.5. The molecule has 3 aromatic heterocycles. The van der Waals surface area contributed by atoms with Crippen LogP contribution >= 0.6 is 22.9 Å². The van der Waals surface area contributed by atoms with Gasteiger partial charge in [-0.15, -0.1) is 5.10 Å². The molecular formula is C17H13N5OS2. The largest absolute Gasteiger partial charge is 0.321 e. The normalized spacial score (nSPS) is 11.0. The van der Waals surface area contributed by atoms with E-state index < -0.39 is 0 Å². The molecule has 0 fully saturated rings. The summed E-state index contributed by atoms with van der Waals surface area (Å²) in [5.74, 6) is -0.196. The Labute approximate surface area is 151 Å². The molecule has 1 N–H and O–H groups in total. The molecule has 8 heteroatoms. The predicted octanol–water partition coefficient (Wildman–Crippen LogP) is 4.08. The van der Waals surface area contributed by atoms with Crippen LogP contribution in [0, 0.1) is 13.8 Å². The number of aryl methyl sites for hydroxylation is 1. The van der Waals surface area contributed by atoms with Gasteiger partial charge in [-0.3, -0.25) is 4.79 Å². The third kappa shape index (κ3) is 2.90. The fourth-order valence-corrected chi connectivity index (χ4v) is 4.05. The van der Waals surface area contributed by atoms with E-state index in [9.17, 15) is 4.79 Å². The molecule has 1 aromatic carbocycles. The zero-order chi connectivity index (χ0) is 17.4. The number of nitrogens with one attached hydrogen (secondary N) is 1. The Morgan fingerprint density at radius 2 is 2.04 bits per heavy atom. The van der Waals surface area contributed by atoms with Crippen LogP contribution in [0.4, 0.5) is 5.69 Å². The maximum absolute atomic E-state index is 12.4. The lowest BCUT2D eigenvalue weighted by Gasteiger charge is -2.10. The topological polar surface area (TPSA) is 80.7 Å². The number of aromatic nitrogens is 4. The van der Waals surface area contributed by atoms with Crippen molar-refractivity contribution in [3.8, 4) is 10.6 Å². The molecule has 25 heavy (non-hydrogen) atoms. The first-order valence-corrected chi connectivity index (χ1v) is 9.14. The number of amides is 1. The van der Waals surface area contributed by atoms with Gasteiger partial charge in [0.1, 0.15) is 20.2 Å². The third-order valence-corrected chi connectivity index (χ3v) is 5.68. The molecule has 4 rings (SSSR count). The minimum atomic E-state index is -0.196. The second-order valence-electron chi connectivity index (χ2n) is 5.47. The number of benzene rings is 1. The SMILES string of the molecule is Cc1nnsc1C(=O)Nc1cccc(-c2nc3cccnc3s2)c1C. The first-order valence-electron chi connectivity index (χ1n) is 7.55. The Morgan fingerprint density at radius 3 is 2.80 bits per heavy atom. The molecule has 0 saturated carbocycles. The Hall–Kier alpha value is -2.71. The minimum absolute atomic E-state index is 0.196. The number of fused-ring (bicyclic) bond motifs is 1. The lowest BCUT2D eigenvalue weighted by Crippen LogP contribution is -2.12. The van der Waals surface area contributed by atoms with Crippen molar-refractivity contribution in [1.82, 2.24) is 19.6 Å². The van der Waals surface area contributed by atoms with E-state index in [0.29, 0.717) is 10.6 Å². The predicted molar refractivity (Wildman–Crippen MR) is 100 cm³/mol. The van der Waals surface area contributed by atoms with Crippen LogP contribution in [0.3, 0.4) is 0 Å². The van der Waals surface area contributed by atoms with Gasteiger partial charge in [0.05, 0.1) is 5.69 Å². The molecule has 124 valence electrons. The summed E-state index contributed by atoms with van der Waals surface area (Å²) in [6, 6.07) is 9.62. The molecule has 1 amide bonds. The number of rotatable bonds is 3. The summed E-state index contributed by atoms with van der Waals surface area (Å²) in [6.45, 7) is 3.75. The van der Waals surface area contributed by atoms with Crippen molar-refractivity contribution >= 4 is 44.8 Å². The van der Waals surface area contributed by atoms with Gasteiger partial charge < -0.3 is 5.32 Å². The zero-order valence-corrected chi connectivity index (χ0v) is 15.1. The summed E-state index contributed by atoms with van der Waals surface area (Å²) in [6.07, 6.45) is 1.76. The van der Waals surface area contributed by atoms with E-state index in [1.807, 2.05) is 37.3 Å². The lowest BCUT2D eigenvalue weighted by atomic mass is 10.1. The smallest absolute Gasteiger partial charge is 0.269 e. The molecule has 0 spiro atoms. The number of carbonyl (C=O) groups excluding carboxylic acids is 1. The Kier molecular flexibility index (Phi) is 3.98. The fraction of sp³-hybridized carbons (Fsp3) is 0.118. The van der Waals surface area contributed by atoms with E-state index in [-0.39, 0.29) is 5.91 Å². The van der Waals surface area contributed by atoms with Gasteiger partial charge in [0, 0.05) is 17.4 Å². The molecule has 0 atom stereocenters. The van der Waals surface area contributed by atoms with E-state index in [1.54, 1.807) is 13.1 Å². The van der Waals surface area contributed by atoms with Crippen LogP contribution in [0.1, 0.15) is 20.9 Å². The van der Waals surface area contributed by atoms with E-state index in [1.165, 1.54) is 11.3 Å². The van der Waals surface area contributed by atoms with Gasteiger partial charge in [-0.25, -0.2) is 9.97 Å². The fourth-order valence-electron chi connectivity index (χ4n) is 2.51. The van der Waals surface area contributed by atoms with Crippen LogP contribution in [-0.2, 0) is 0 Å². The Bertz CT molecular complexity index is 1050. The molecule has 0 aliphatic heterocycles. The number of nitrogens with zero attached hydrogens (tertiary/aromatic N) is 4. The van der Waals surface area contributed by atoms with Crippen molar-refractivity contribution in [2.24, 2.45) is 0 Å². The molecule has 0 aliphatic rings. The van der Waals surface area contributed by atoms with Gasteiger partial charge in [0.2, 0.25) is 0 Å². The summed E-state index contributed by atoms with van der Waals surface area (Å²) >= 11 is 2.63. The van der Waals surface area contributed by atoms with Crippen LogP contribution in [0.2, 0.25) is 0 Å². The third-order valence-electron chi connectivity index (χ3n) is 3.84. The van der Waals surface area contributed by atoms with Crippen molar-refractivity contribution in [2.45, 2.75) is 13.8 Å². The Balaban J connectivity index is 1.70. The quantitative estimate of drug-likeness (QED) is 0.590. The monoisotopic (exact) mass is 367 g/mol. The van der Waals surface area contributed by atoms with E-state index in [2.05, 4.69) is 24.9 Å². The molecule has 6 nitrogen and oxygen atoms in total. The van der Waals surface area contributed by atoms with E-state index in [4.69, 9.17) is 0 Å². The molecule has 4 aromatic rings. The number of carbonyl (C=O) groups is 1. The van der Waals surface area contributed by atoms with Crippen molar-refractivity contribution in [3.63, 3.8) is 0 Å². The summed E-state index contributed by atoms with van der Waals surface area (Å²) in [5.41, 5.74) is 4.21. The van der Waals surface area contributed by atoms with Crippen molar-refractivity contribution < 1.29 is 4.79 Å². The highest BCUT2D eigenvalue weighted by Gasteiger charge is 2.16. The highest BCUT2D eigenvalue weighted by molar-refractivity contribution is 7.21. The number of hydrogen-bond acceptors (Lipinski definition) is 7. The first-order chi connectivity index (χ1) is 12.1. The Morgan fingerprint density at radius 1 is 1.16 bits per heavy atom. The molecule has 0 aliphatic carbocycles. The van der Waals surface area contributed by atoms with Crippen LogP contribution in [0.25, 0.3) is 20.9 Å². The van der Waals surface area contributed by atoms with Crippen LogP contribution in [0.5, 0.6) is 0 Å². The standard InChI is InChI=1S/C17H13N5OS2/c1-9-11(16-20-13-7-4-8-18-17(13)24-16)5-3-6-12(9)19-15(23)14-10(2)21-22-25-14/h3-8H,1-2H3,(H,19,23). The van der Waals surface area contributed by atoms with Crippen molar-refractivity contribution in [3.05, 3.63) is 52.7 Å². The number of thiazole rings is 1. The first kappa shape index (κ1) is 15.8. The molecule has 3 heterocycles. The van der Waals surface area contributed by atoms with Crippen molar-refractivity contribution in [1.29, 1.82) is 0 Å². The summed E-state index contributed by atoms with van der Waals surface area (Å²) < 4.78 is 3.81. The van der Waals surface area contributed by atoms with Gasteiger partial charge in [-0.05, 0) is 49.1 Å². The van der Waals surface area contributed by atoms with E-state index >= 15 is 0 Å². The second-order valence-corrected chi connectivity index (χ2v) is 7.20. The van der Waals surface area contributed by atoms with Gasteiger partial charge in [0.25, 0.3) is 5.91 Å². The van der Waals surface area contributed by atoms with Gasteiger partial charge >= 0.3 is 0 Å². The molecular weight excluding hydrogens is 354 g/mol. The number of pyridine rings is 1. The highest BCUT2D eigenvalue weighted by atomic mass is 32.1. The molecule has 0 bridgehead atoms. The number of hydrogen-bond donors (Lipinski definition) is 1. The van der Waals surface area contributed by atoms with Crippen LogP contribution in [-0.4, -0.2) is 25.5 Å². The highest BCUT2D eigenvalue weighted by Crippen LogP contribution is 2.33. The lowest BCUT2D eigenvalue weighted by molar-refractivity contribution is 0.102. The summed E-state index contributed by atoms with van der Waals surface area (Å²) in [7, 11) is 0. The summed E-state index contributed by atoms with van der Waals surface area (Å²) in [5, 5.41) is 7.72. The van der Waals surface area contributed by atoms with E-state index in [0.717, 1.165) is 43.7 Å². The maximum Gasteiger partial charge on any atom is 0.269 e. The molecule has 0 radical (unpaired) electrons. The minimum Gasteiger partial charge on any atom is -0.321 e. The number of anilines is 1.